The predicted molar refractivity (Wildman–Crippen MR) is 135 cm³/mol. The summed E-state index contributed by atoms with van der Waals surface area (Å²) in [6.45, 7) is 5.21. The van der Waals surface area contributed by atoms with Gasteiger partial charge >= 0.3 is 0 Å². The lowest BCUT2D eigenvalue weighted by Crippen LogP contribution is -2.49. The Balaban J connectivity index is 1.73. The van der Waals surface area contributed by atoms with Crippen molar-refractivity contribution in [3.8, 4) is 0 Å². The van der Waals surface area contributed by atoms with Crippen LogP contribution in [0.4, 0.5) is 5.69 Å². The first-order valence-electron chi connectivity index (χ1n) is 11.2. The molecule has 1 atom stereocenters. The van der Waals surface area contributed by atoms with Gasteiger partial charge in [0.1, 0.15) is 6.04 Å². The van der Waals surface area contributed by atoms with Gasteiger partial charge in [-0.15, -0.1) is 0 Å². The first kappa shape index (κ1) is 25.8. The molecule has 2 aromatic rings. The zero-order valence-electron chi connectivity index (χ0n) is 19.1. The maximum atomic E-state index is 13.1. The predicted octanol–water partition coefficient (Wildman–Crippen LogP) is 4.84. The van der Waals surface area contributed by atoms with E-state index in [4.69, 9.17) is 23.2 Å². The van der Waals surface area contributed by atoms with Gasteiger partial charge in [0.2, 0.25) is 15.9 Å². The van der Waals surface area contributed by atoms with Crippen LogP contribution in [0.1, 0.15) is 43.7 Å². The molecule has 3 rings (SSSR count). The van der Waals surface area contributed by atoms with Crippen LogP contribution in [0.25, 0.3) is 0 Å². The quantitative estimate of drug-likeness (QED) is 0.522. The number of amides is 1. The second-order valence-corrected chi connectivity index (χ2v) is 11.2. The average Bonchev–Trinajstić information content (AvgIpc) is 2.78. The number of likely N-dealkylation sites (tertiary alicyclic amines) is 1. The molecule has 6 nitrogen and oxygen atoms in total. The Labute approximate surface area is 206 Å². The largest absolute Gasteiger partial charge is 0.350 e. The van der Waals surface area contributed by atoms with E-state index in [-0.39, 0.29) is 23.0 Å². The summed E-state index contributed by atoms with van der Waals surface area (Å²) < 4.78 is 26.4. The van der Waals surface area contributed by atoms with Crippen LogP contribution in [0, 0.1) is 0 Å². The minimum atomic E-state index is -3.80. The summed E-state index contributed by atoms with van der Waals surface area (Å²) in [5.74, 6) is -0.389. The van der Waals surface area contributed by atoms with E-state index in [2.05, 4.69) is 22.3 Å². The number of anilines is 1. The fourth-order valence-electron chi connectivity index (χ4n) is 4.21. The number of hydrogen-bond donors (Lipinski definition) is 1. The second-order valence-electron chi connectivity index (χ2n) is 8.45. The molecule has 1 aliphatic rings. The van der Waals surface area contributed by atoms with Crippen LogP contribution in [0.5, 0.6) is 0 Å². The molecule has 1 heterocycles. The van der Waals surface area contributed by atoms with Crippen LogP contribution < -0.4 is 9.62 Å². The molecule has 0 unspecified atom stereocenters. The molecule has 1 aliphatic heterocycles. The van der Waals surface area contributed by atoms with E-state index in [0.717, 1.165) is 35.8 Å². The number of nitrogens with one attached hydrogen (secondary N) is 1. The molecule has 0 aromatic heterocycles. The third kappa shape index (κ3) is 7.09. The van der Waals surface area contributed by atoms with Crippen LogP contribution >= 0.6 is 23.2 Å². The van der Waals surface area contributed by atoms with E-state index in [1.54, 1.807) is 13.0 Å². The van der Waals surface area contributed by atoms with Crippen LogP contribution in [0.15, 0.2) is 42.5 Å². The van der Waals surface area contributed by atoms with Gasteiger partial charge in [0.05, 0.1) is 17.0 Å². The highest BCUT2D eigenvalue weighted by Gasteiger charge is 2.32. The number of carbonyl (C=O) groups excluding carboxylic acids is 1. The molecule has 0 radical (unpaired) electrons. The second kappa shape index (κ2) is 11.6. The van der Waals surface area contributed by atoms with Crippen LogP contribution in [-0.4, -0.2) is 44.6 Å². The van der Waals surface area contributed by atoms with Crippen molar-refractivity contribution in [3.63, 3.8) is 0 Å². The smallest absolute Gasteiger partial charge is 0.244 e. The van der Waals surface area contributed by atoms with Gasteiger partial charge in [0.25, 0.3) is 0 Å². The van der Waals surface area contributed by atoms with Crippen molar-refractivity contribution in [2.75, 3.05) is 23.7 Å². The Morgan fingerprint density at radius 2 is 1.79 bits per heavy atom. The molecule has 1 N–H and O–H groups in total. The lowest BCUT2D eigenvalue weighted by molar-refractivity contribution is -0.122. The lowest BCUT2D eigenvalue weighted by Gasteiger charge is -2.31. The SMILES string of the molecule is CC[C@H](C(=O)NCc1cccc(CN2CCCCC2)c1)N(c1cc(Cl)ccc1Cl)S(C)(=O)=O. The molecule has 1 fully saturated rings. The third-order valence-corrected chi connectivity index (χ3v) is 7.51. The van der Waals surface area contributed by atoms with Gasteiger partial charge in [-0.25, -0.2) is 8.42 Å². The Bertz CT molecular complexity index is 1070. The Hall–Kier alpha value is -1.80. The first-order chi connectivity index (χ1) is 15.7. The maximum absolute atomic E-state index is 13.1. The van der Waals surface area contributed by atoms with Gasteiger partial charge in [-0.1, -0.05) is 60.8 Å². The van der Waals surface area contributed by atoms with Crippen molar-refractivity contribution in [2.24, 2.45) is 0 Å². The van der Waals surface area contributed by atoms with E-state index in [0.29, 0.717) is 11.6 Å². The molecule has 180 valence electrons. The van der Waals surface area contributed by atoms with Gasteiger partial charge in [0.15, 0.2) is 0 Å². The first-order valence-corrected chi connectivity index (χ1v) is 13.8. The highest BCUT2D eigenvalue weighted by Crippen LogP contribution is 2.33. The van der Waals surface area contributed by atoms with Gasteiger partial charge in [-0.3, -0.25) is 14.0 Å². The Kier molecular flexibility index (Phi) is 9.04. The summed E-state index contributed by atoms with van der Waals surface area (Å²) in [6, 6.07) is 11.8. The molecule has 0 saturated carbocycles. The molecule has 33 heavy (non-hydrogen) atoms. The van der Waals surface area contributed by atoms with Gasteiger partial charge in [0, 0.05) is 18.1 Å². The number of piperidine rings is 1. The molecular weight excluding hydrogens is 481 g/mol. The lowest BCUT2D eigenvalue weighted by atomic mass is 10.1. The summed E-state index contributed by atoms with van der Waals surface area (Å²) in [7, 11) is -3.80. The fourth-order valence-corrected chi connectivity index (χ4v) is 5.85. The van der Waals surface area contributed by atoms with Crippen molar-refractivity contribution >= 4 is 44.8 Å². The normalized spacial score (nSPS) is 15.8. The number of rotatable bonds is 9. The molecule has 2 aromatic carbocycles. The summed E-state index contributed by atoms with van der Waals surface area (Å²) in [5, 5.41) is 3.45. The highest BCUT2D eigenvalue weighted by atomic mass is 35.5. The van der Waals surface area contributed by atoms with Crippen molar-refractivity contribution in [3.05, 3.63) is 63.6 Å². The fraction of sp³-hybridized carbons (Fsp3) is 0.458. The number of hydrogen-bond acceptors (Lipinski definition) is 4. The summed E-state index contributed by atoms with van der Waals surface area (Å²) in [6.07, 6.45) is 5.11. The summed E-state index contributed by atoms with van der Waals surface area (Å²) >= 11 is 12.4. The Morgan fingerprint density at radius 3 is 2.45 bits per heavy atom. The maximum Gasteiger partial charge on any atom is 0.244 e. The number of sulfonamides is 1. The number of carbonyl (C=O) groups is 1. The monoisotopic (exact) mass is 511 g/mol. The molecule has 0 aliphatic carbocycles. The molecule has 1 amide bonds. The van der Waals surface area contributed by atoms with Crippen LogP contribution in [-0.2, 0) is 27.9 Å². The van der Waals surface area contributed by atoms with Gasteiger partial charge < -0.3 is 5.32 Å². The van der Waals surface area contributed by atoms with E-state index >= 15 is 0 Å². The molecule has 0 bridgehead atoms. The van der Waals surface area contributed by atoms with Crippen LogP contribution in [0.2, 0.25) is 10.0 Å². The molecular formula is C24H31Cl2N3O3S. The van der Waals surface area contributed by atoms with Crippen molar-refractivity contribution in [1.29, 1.82) is 0 Å². The minimum Gasteiger partial charge on any atom is -0.350 e. The van der Waals surface area contributed by atoms with E-state index in [1.807, 2.05) is 12.1 Å². The molecule has 0 spiro atoms. The van der Waals surface area contributed by atoms with Crippen molar-refractivity contribution < 1.29 is 13.2 Å². The third-order valence-electron chi connectivity index (χ3n) is 5.79. The molecule has 1 saturated heterocycles. The molecule has 9 heteroatoms. The summed E-state index contributed by atoms with van der Waals surface area (Å²) in [4.78, 5) is 15.6. The van der Waals surface area contributed by atoms with E-state index < -0.39 is 16.1 Å². The topological polar surface area (TPSA) is 69.7 Å². The average molecular weight is 513 g/mol. The number of halogens is 2. The standard InChI is InChI=1S/C24H31Cl2N3O3S/c1-3-22(29(33(2,31)32)23-15-20(25)10-11-21(23)26)24(30)27-16-18-8-7-9-19(14-18)17-28-12-5-4-6-13-28/h7-11,14-15,22H,3-6,12-13,16-17H2,1-2H3,(H,27,30)/t22-/m1/s1. The van der Waals surface area contributed by atoms with Crippen LogP contribution in [0.3, 0.4) is 0 Å². The number of nitrogens with zero attached hydrogens (tertiary/aromatic N) is 2. The highest BCUT2D eigenvalue weighted by molar-refractivity contribution is 7.92. The zero-order valence-corrected chi connectivity index (χ0v) is 21.4. The van der Waals surface area contributed by atoms with Gasteiger partial charge in [-0.2, -0.15) is 0 Å². The summed E-state index contributed by atoms with van der Waals surface area (Å²) in [5.41, 5.74) is 2.37. The van der Waals surface area contributed by atoms with E-state index in [9.17, 15) is 13.2 Å². The Morgan fingerprint density at radius 1 is 1.09 bits per heavy atom. The van der Waals surface area contributed by atoms with E-state index in [1.165, 1.54) is 37.0 Å². The van der Waals surface area contributed by atoms with Crippen molar-refractivity contribution in [2.45, 2.75) is 51.7 Å². The number of benzene rings is 2. The van der Waals surface area contributed by atoms with Gasteiger partial charge in [-0.05, 0) is 61.7 Å². The zero-order chi connectivity index (χ0) is 24.0. The van der Waals surface area contributed by atoms with Crippen molar-refractivity contribution in [1.82, 2.24) is 10.2 Å². The minimum absolute atomic E-state index is 0.192.